The van der Waals surface area contributed by atoms with Gasteiger partial charge in [0.15, 0.2) is 0 Å². The second kappa shape index (κ2) is 7.07. The highest BCUT2D eigenvalue weighted by Crippen LogP contribution is 2.40. The molecule has 2 amide bonds. The lowest BCUT2D eigenvalue weighted by atomic mass is 10.2. The highest BCUT2D eigenvalue weighted by atomic mass is 16.2. The molecule has 24 heavy (non-hydrogen) atoms. The Kier molecular flexibility index (Phi) is 4.87. The number of nitrogens with one attached hydrogen (secondary N) is 2. The summed E-state index contributed by atoms with van der Waals surface area (Å²) in [5, 5.41) is 10.4. The van der Waals surface area contributed by atoms with Gasteiger partial charge in [-0.2, -0.15) is 5.10 Å². The molecule has 0 spiro atoms. The molecule has 2 heterocycles. The van der Waals surface area contributed by atoms with Crippen molar-refractivity contribution >= 4 is 11.8 Å². The van der Waals surface area contributed by atoms with Crippen molar-refractivity contribution in [2.24, 2.45) is 5.92 Å². The number of urea groups is 1. The molecule has 1 saturated carbocycles. The van der Waals surface area contributed by atoms with E-state index < -0.39 is 0 Å². The van der Waals surface area contributed by atoms with Gasteiger partial charge < -0.3 is 9.88 Å². The number of amides is 2. The first-order chi connectivity index (χ1) is 11.5. The van der Waals surface area contributed by atoms with Gasteiger partial charge in [-0.15, -0.1) is 0 Å². The van der Waals surface area contributed by atoms with Gasteiger partial charge in [0.2, 0.25) is 0 Å². The number of anilines is 1. The Morgan fingerprint density at radius 1 is 1.42 bits per heavy atom. The lowest BCUT2D eigenvalue weighted by Gasteiger charge is -2.15. The van der Waals surface area contributed by atoms with E-state index in [0.29, 0.717) is 18.5 Å². The van der Waals surface area contributed by atoms with Crippen LogP contribution in [0.25, 0.3) is 0 Å². The molecule has 7 nitrogen and oxygen atoms in total. The van der Waals surface area contributed by atoms with E-state index in [-0.39, 0.29) is 6.03 Å². The first-order valence-electron chi connectivity index (χ1n) is 8.63. The zero-order valence-electron chi connectivity index (χ0n) is 14.6. The van der Waals surface area contributed by atoms with Gasteiger partial charge in [0.25, 0.3) is 0 Å². The maximum atomic E-state index is 12.1. The topological polar surface area (TPSA) is 76.8 Å². The third-order valence-corrected chi connectivity index (χ3v) is 4.57. The monoisotopic (exact) mass is 330 g/mol. The number of nitrogens with zero attached hydrogens (tertiary/aromatic N) is 4. The molecule has 0 bridgehead atoms. The maximum absolute atomic E-state index is 12.1. The van der Waals surface area contributed by atoms with Crippen LogP contribution in [0.15, 0.2) is 18.5 Å². The van der Waals surface area contributed by atoms with Gasteiger partial charge in [-0.05, 0) is 46.0 Å². The van der Waals surface area contributed by atoms with Gasteiger partial charge in [0.1, 0.15) is 11.6 Å². The van der Waals surface area contributed by atoms with Crippen LogP contribution in [-0.4, -0.2) is 31.9 Å². The predicted molar refractivity (Wildman–Crippen MR) is 93.0 cm³/mol. The van der Waals surface area contributed by atoms with E-state index in [9.17, 15) is 4.79 Å². The number of aromatic nitrogens is 4. The molecule has 130 valence electrons. The molecule has 3 rings (SSSR count). The smallest absolute Gasteiger partial charge is 0.320 e. The molecule has 1 atom stereocenters. The van der Waals surface area contributed by atoms with Crippen molar-refractivity contribution in [1.29, 1.82) is 0 Å². The van der Waals surface area contributed by atoms with Crippen LogP contribution in [0.4, 0.5) is 10.6 Å². The van der Waals surface area contributed by atoms with E-state index in [4.69, 9.17) is 0 Å². The molecule has 2 N–H and O–H groups in total. The van der Waals surface area contributed by atoms with Crippen LogP contribution in [-0.2, 0) is 6.54 Å². The fraction of sp³-hybridized carbons (Fsp3) is 0.588. The van der Waals surface area contributed by atoms with Crippen molar-refractivity contribution in [3.8, 4) is 0 Å². The molecule has 0 radical (unpaired) electrons. The minimum atomic E-state index is -0.179. The third-order valence-electron chi connectivity index (χ3n) is 4.57. The molecule has 1 fully saturated rings. The molecule has 0 aromatic carbocycles. The van der Waals surface area contributed by atoms with Crippen LogP contribution in [0.5, 0.6) is 0 Å². The number of imidazole rings is 1. The van der Waals surface area contributed by atoms with Crippen LogP contribution in [0.3, 0.4) is 0 Å². The SMILES string of the molecule is Cc1cc(NC(=O)NCCCn2ccnc2C)n([C@H](C)C2CC2)n1. The Morgan fingerprint density at radius 2 is 2.21 bits per heavy atom. The van der Waals surface area contributed by atoms with Crippen molar-refractivity contribution in [3.05, 3.63) is 30.0 Å². The van der Waals surface area contributed by atoms with Crippen LogP contribution < -0.4 is 10.6 Å². The minimum Gasteiger partial charge on any atom is -0.338 e. The predicted octanol–water partition coefficient (Wildman–Crippen LogP) is 2.88. The zero-order valence-corrected chi connectivity index (χ0v) is 14.6. The Balaban J connectivity index is 1.47. The average molecular weight is 330 g/mol. The van der Waals surface area contributed by atoms with Gasteiger partial charge >= 0.3 is 6.03 Å². The van der Waals surface area contributed by atoms with Gasteiger partial charge in [-0.3, -0.25) is 5.32 Å². The average Bonchev–Trinajstić information content (AvgIpc) is 3.22. The van der Waals surface area contributed by atoms with E-state index in [1.54, 1.807) is 6.20 Å². The van der Waals surface area contributed by atoms with E-state index in [1.165, 1.54) is 12.8 Å². The lowest BCUT2D eigenvalue weighted by Crippen LogP contribution is -2.31. The quantitative estimate of drug-likeness (QED) is 0.766. The minimum absolute atomic E-state index is 0.179. The van der Waals surface area contributed by atoms with Gasteiger partial charge in [0.05, 0.1) is 11.7 Å². The van der Waals surface area contributed by atoms with Crippen molar-refractivity contribution in [2.75, 3.05) is 11.9 Å². The number of aryl methyl sites for hydroxylation is 3. The van der Waals surface area contributed by atoms with Gasteiger partial charge in [-0.1, -0.05) is 0 Å². The fourth-order valence-electron chi connectivity index (χ4n) is 2.95. The standard InChI is InChI=1S/C17H26N6O/c1-12-11-16(23(21-12)13(2)15-5-6-15)20-17(24)19-7-4-9-22-10-8-18-14(22)3/h8,10-11,13,15H,4-7,9H2,1-3H3,(H2,19,20,24)/t13-/m1/s1. The second-order valence-electron chi connectivity index (χ2n) is 6.60. The second-order valence-corrected chi connectivity index (χ2v) is 6.60. The normalized spacial score (nSPS) is 15.3. The molecule has 0 unspecified atom stereocenters. The van der Waals surface area contributed by atoms with E-state index >= 15 is 0 Å². The van der Waals surface area contributed by atoms with Crippen molar-refractivity contribution in [3.63, 3.8) is 0 Å². The number of rotatable bonds is 7. The summed E-state index contributed by atoms with van der Waals surface area (Å²) in [5.74, 6) is 2.45. The zero-order chi connectivity index (χ0) is 17.1. The Hall–Kier alpha value is -2.31. The number of carbonyl (C=O) groups is 1. The van der Waals surface area contributed by atoms with E-state index in [0.717, 1.165) is 30.3 Å². The molecule has 2 aromatic heterocycles. The van der Waals surface area contributed by atoms with Gasteiger partial charge in [0, 0.05) is 31.5 Å². The summed E-state index contributed by atoms with van der Waals surface area (Å²) in [7, 11) is 0. The van der Waals surface area contributed by atoms with E-state index in [2.05, 4.69) is 32.2 Å². The summed E-state index contributed by atoms with van der Waals surface area (Å²) in [4.78, 5) is 16.3. The first-order valence-corrected chi connectivity index (χ1v) is 8.63. The van der Waals surface area contributed by atoms with Crippen molar-refractivity contribution < 1.29 is 4.79 Å². The summed E-state index contributed by atoms with van der Waals surface area (Å²) in [6.07, 6.45) is 7.11. The van der Waals surface area contributed by atoms with Crippen molar-refractivity contribution in [2.45, 2.75) is 52.6 Å². The molecule has 1 aliphatic rings. The fourth-order valence-corrected chi connectivity index (χ4v) is 2.95. The maximum Gasteiger partial charge on any atom is 0.320 e. The molecular weight excluding hydrogens is 304 g/mol. The molecule has 0 aliphatic heterocycles. The highest BCUT2D eigenvalue weighted by Gasteiger charge is 2.31. The molecule has 1 aliphatic carbocycles. The Bertz CT molecular complexity index is 700. The van der Waals surface area contributed by atoms with Gasteiger partial charge in [-0.25, -0.2) is 14.5 Å². The van der Waals surface area contributed by atoms with Crippen LogP contribution in [0, 0.1) is 19.8 Å². The molecule has 7 heteroatoms. The largest absolute Gasteiger partial charge is 0.338 e. The van der Waals surface area contributed by atoms with Crippen LogP contribution >= 0.6 is 0 Å². The highest BCUT2D eigenvalue weighted by molar-refractivity contribution is 5.88. The van der Waals surface area contributed by atoms with E-state index in [1.807, 2.05) is 30.8 Å². The number of hydrogen-bond donors (Lipinski definition) is 2. The summed E-state index contributed by atoms with van der Waals surface area (Å²) in [6, 6.07) is 2.08. The molecule has 0 saturated heterocycles. The molecule has 2 aromatic rings. The molecular formula is C17H26N6O. The summed E-state index contributed by atoms with van der Waals surface area (Å²) in [5.41, 5.74) is 0.924. The Labute approximate surface area is 142 Å². The number of hydrogen-bond acceptors (Lipinski definition) is 3. The lowest BCUT2D eigenvalue weighted by molar-refractivity contribution is 0.251. The number of carbonyl (C=O) groups excluding carboxylic acids is 1. The summed E-state index contributed by atoms with van der Waals surface area (Å²) >= 11 is 0. The van der Waals surface area contributed by atoms with Crippen LogP contribution in [0.1, 0.15) is 43.7 Å². The van der Waals surface area contributed by atoms with Crippen LogP contribution in [0.2, 0.25) is 0 Å². The third kappa shape index (κ3) is 3.96. The Morgan fingerprint density at radius 3 is 2.88 bits per heavy atom. The summed E-state index contributed by atoms with van der Waals surface area (Å²) < 4.78 is 4.02. The van der Waals surface area contributed by atoms with Crippen molar-refractivity contribution in [1.82, 2.24) is 24.6 Å². The summed E-state index contributed by atoms with van der Waals surface area (Å²) in [6.45, 7) is 7.56. The first kappa shape index (κ1) is 16.5.